The van der Waals surface area contributed by atoms with Crippen LogP contribution in [0.25, 0.3) is 0 Å². The molecular weight excluding hydrogens is 269 g/mol. The molecule has 76 valence electrons. The van der Waals surface area contributed by atoms with Crippen molar-refractivity contribution < 1.29 is 9.18 Å². The summed E-state index contributed by atoms with van der Waals surface area (Å²) in [4.78, 5) is 13.5. The Bertz CT molecular complexity index is 357. The van der Waals surface area contributed by atoms with Crippen molar-refractivity contribution in [3.05, 3.63) is 28.5 Å². The summed E-state index contributed by atoms with van der Waals surface area (Å²) in [6.07, 6.45) is 0. The molecule has 1 amide bonds. The van der Waals surface area contributed by atoms with Crippen molar-refractivity contribution in [3.63, 3.8) is 0 Å². The van der Waals surface area contributed by atoms with Crippen molar-refractivity contribution in [2.24, 2.45) is 0 Å². The summed E-state index contributed by atoms with van der Waals surface area (Å²) in [5.74, 6) is -0.321. The Labute approximate surface area is 94.6 Å². The minimum absolute atomic E-state index is 0.0858. The first kappa shape index (κ1) is 11.5. The summed E-state index contributed by atoms with van der Waals surface area (Å²) < 4.78 is 13.3. The molecule has 0 radical (unpaired) electrons. The molecule has 0 N–H and O–H groups in total. The molecule has 1 aromatic rings. The van der Waals surface area contributed by atoms with E-state index >= 15 is 0 Å². The SMILES string of the molecule is CN(C)C(=O)Sc1ccc(F)cc1Br. The number of halogens is 2. The van der Waals surface area contributed by atoms with Gasteiger partial charge in [-0.3, -0.25) is 4.79 Å². The quantitative estimate of drug-likeness (QED) is 0.734. The summed E-state index contributed by atoms with van der Waals surface area (Å²) in [6, 6.07) is 4.24. The molecule has 0 saturated carbocycles. The largest absolute Gasteiger partial charge is 0.339 e. The van der Waals surface area contributed by atoms with Gasteiger partial charge in [-0.05, 0) is 45.9 Å². The average Bonchev–Trinajstić information content (AvgIpc) is 2.09. The van der Waals surface area contributed by atoms with Gasteiger partial charge in [0.15, 0.2) is 0 Å². The lowest BCUT2D eigenvalue weighted by atomic mass is 10.3. The van der Waals surface area contributed by atoms with Gasteiger partial charge in [-0.25, -0.2) is 4.39 Å². The zero-order chi connectivity index (χ0) is 10.7. The van der Waals surface area contributed by atoms with Gasteiger partial charge in [0, 0.05) is 23.5 Å². The van der Waals surface area contributed by atoms with Gasteiger partial charge in [0.1, 0.15) is 5.82 Å². The van der Waals surface area contributed by atoms with E-state index in [4.69, 9.17) is 0 Å². The van der Waals surface area contributed by atoms with Crippen molar-refractivity contribution in [2.75, 3.05) is 14.1 Å². The van der Waals surface area contributed by atoms with Crippen LogP contribution in [-0.2, 0) is 0 Å². The van der Waals surface area contributed by atoms with Crippen LogP contribution < -0.4 is 0 Å². The molecule has 1 rings (SSSR count). The van der Waals surface area contributed by atoms with Crippen molar-refractivity contribution in [3.8, 4) is 0 Å². The number of hydrogen-bond donors (Lipinski definition) is 0. The molecule has 2 nitrogen and oxygen atoms in total. The first-order valence-electron chi connectivity index (χ1n) is 3.85. The van der Waals surface area contributed by atoms with Crippen LogP contribution in [0.5, 0.6) is 0 Å². The highest BCUT2D eigenvalue weighted by Gasteiger charge is 2.09. The molecule has 0 saturated heterocycles. The molecule has 0 aliphatic carbocycles. The zero-order valence-corrected chi connectivity index (χ0v) is 10.2. The number of benzene rings is 1. The Balaban J connectivity index is 2.82. The highest BCUT2D eigenvalue weighted by Crippen LogP contribution is 2.29. The minimum atomic E-state index is -0.321. The third-order valence-corrected chi connectivity index (χ3v) is 3.49. The highest BCUT2D eigenvalue weighted by atomic mass is 79.9. The second-order valence-corrected chi connectivity index (χ2v) is 4.68. The minimum Gasteiger partial charge on any atom is -0.339 e. The van der Waals surface area contributed by atoms with Gasteiger partial charge in [0.25, 0.3) is 5.24 Å². The van der Waals surface area contributed by atoms with Crippen LogP contribution in [0.4, 0.5) is 9.18 Å². The fourth-order valence-electron chi connectivity index (χ4n) is 0.743. The average molecular weight is 278 g/mol. The lowest BCUT2D eigenvalue weighted by Gasteiger charge is -2.09. The fourth-order valence-corrected chi connectivity index (χ4v) is 2.00. The van der Waals surface area contributed by atoms with E-state index in [1.54, 1.807) is 20.2 Å². The Morgan fingerprint density at radius 1 is 1.50 bits per heavy atom. The van der Waals surface area contributed by atoms with Crippen molar-refractivity contribution >= 4 is 32.9 Å². The molecule has 14 heavy (non-hydrogen) atoms. The van der Waals surface area contributed by atoms with E-state index < -0.39 is 0 Å². The monoisotopic (exact) mass is 277 g/mol. The Morgan fingerprint density at radius 3 is 2.64 bits per heavy atom. The third-order valence-electron chi connectivity index (χ3n) is 1.46. The van der Waals surface area contributed by atoms with Crippen LogP contribution >= 0.6 is 27.7 Å². The van der Waals surface area contributed by atoms with Crippen molar-refractivity contribution in [1.82, 2.24) is 4.90 Å². The van der Waals surface area contributed by atoms with Gasteiger partial charge >= 0.3 is 0 Å². The summed E-state index contributed by atoms with van der Waals surface area (Å²) in [6.45, 7) is 0. The number of carbonyl (C=O) groups is 1. The second-order valence-electron chi connectivity index (χ2n) is 2.84. The summed E-state index contributed by atoms with van der Waals surface area (Å²) in [5.41, 5.74) is 0. The second kappa shape index (κ2) is 4.79. The molecule has 0 aromatic heterocycles. The molecule has 1 aromatic carbocycles. The van der Waals surface area contributed by atoms with Gasteiger partial charge in [0.2, 0.25) is 0 Å². The van der Waals surface area contributed by atoms with E-state index in [0.29, 0.717) is 9.37 Å². The Hall–Kier alpha value is -0.550. The van der Waals surface area contributed by atoms with Crippen LogP contribution in [0.1, 0.15) is 0 Å². The van der Waals surface area contributed by atoms with Crippen LogP contribution in [0, 0.1) is 5.82 Å². The molecule has 0 atom stereocenters. The molecule has 5 heteroatoms. The van der Waals surface area contributed by atoms with E-state index in [9.17, 15) is 9.18 Å². The standard InChI is InChI=1S/C9H9BrFNOS/c1-12(2)9(13)14-8-4-3-6(11)5-7(8)10/h3-5H,1-2H3. The van der Waals surface area contributed by atoms with Gasteiger partial charge in [-0.1, -0.05) is 0 Å². The van der Waals surface area contributed by atoms with Gasteiger partial charge in [0.05, 0.1) is 0 Å². The number of carbonyl (C=O) groups excluding carboxylic acids is 1. The van der Waals surface area contributed by atoms with E-state index in [1.165, 1.54) is 17.0 Å². The normalized spacial score (nSPS) is 10.0. The maximum absolute atomic E-state index is 12.7. The maximum Gasteiger partial charge on any atom is 0.285 e. The number of nitrogens with zero attached hydrogens (tertiary/aromatic N) is 1. The fraction of sp³-hybridized carbons (Fsp3) is 0.222. The topological polar surface area (TPSA) is 20.3 Å². The summed E-state index contributed by atoms with van der Waals surface area (Å²) >= 11 is 4.25. The first-order chi connectivity index (χ1) is 6.50. The molecule has 0 fully saturated rings. The first-order valence-corrected chi connectivity index (χ1v) is 5.46. The predicted octanol–water partition coefficient (Wildman–Crippen LogP) is 3.36. The van der Waals surface area contributed by atoms with Gasteiger partial charge in [-0.15, -0.1) is 0 Å². The van der Waals surface area contributed by atoms with Crippen molar-refractivity contribution in [1.29, 1.82) is 0 Å². The predicted molar refractivity (Wildman–Crippen MR) is 59.0 cm³/mol. The Kier molecular flexibility index (Phi) is 3.95. The number of amides is 1. The van der Waals surface area contributed by atoms with Gasteiger partial charge < -0.3 is 4.90 Å². The van der Waals surface area contributed by atoms with Crippen molar-refractivity contribution in [2.45, 2.75) is 4.90 Å². The molecule has 0 aliphatic heterocycles. The van der Waals surface area contributed by atoms with E-state index in [0.717, 1.165) is 11.8 Å². The summed E-state index contributed by atoms with van der Waals surface area (Å²) in [5, 5.41) is -0.0858. The molecule has 0 spiro atoms. The smallest absolute Gasteiger partial charge is 0.285 e. The lowest BCUT2D eigenvalue weighted by molar-refractivity contribution is 0.241. The maximum atomic E-state index is 12.7. The molecule has 0 unspecified atom stereocenters. The van der Waals surface area contributed by atoms with E-state index in [1.807, 2.05) is 0 Å². The van der Waals surface area contributed by atoms with Gasteiger partial charge in [-0.2, -0.15) is 0 Å². The lowest BCUT2D eigenvalue weighted by Crippen LogP contribution is -2.16. The number of rotatable bonds is 1. The summed E-state index contributed by atoms with van der Waals surface area (Å²) in [7, 11) is 3.35. The molecule has 0 aliphatic rings. The zero-order valence-electron chi connectivity index (χ0n) is 7.75. The van der Waals surface area contributed by atoms with E-state index in [2.05, 4.69) is 15.9 Å². The van der Waals surface area contributed by atoms with Crippen LogP contribution in [0.3, 0.4) is 0 Å². The molecule has 0 heterocycles. The van der Waals surface area contributed by atoms with Crippen LogP contribution in [0.2, 0.25) is 0 Å². The van der Waals surface area contributed by atoms with E-state index in [-0.39, 0.29) is 11.1 Å². The highest BCUT2D eigenvalue weighted by molar-refractivity contribution is 9.10. The third kappa shape index (κ3) is 2.99. The molecule has 0 bridgehead atoms. The number of hydrogen-bond acceptors (Lipinski definition) is 2. The Morgan fingerprint density at radius 2 is 2.14 bits per heavy atom. The van der Waals surface area contributed by atoms with Crippen LogP contribution in [-0.4, -0.2) is 24.2 Å². The molecular formula is C9H9BrFNOS. The number of thioether (sulfide) groups is 1. The van der Waals surface area contributed by atoms with Crippen LogP contribution in [0.15, 0.2) is 27.6 Å².